The molecule has 1 aliphatic heterocycles. The molecule has 3 rings (SSSR count). The molecular weight excluding hydrogens is 528 g/mol. The molecule has 1 fully saturated rings. The third kappa shape index (κ3) is 9.54. The van der Waals surface area contributed by atoms with Gasteiger partial charge in [0.2, 0.25) is 0 Å². The van der Waals surface area contributed by atoms with Gasteiger partial charge in [-0.2, -0.15) is 0 Å². The van der Waals surface area contributed by atoms with Crippen molar-refractivity contribution in [3.63, 3.8) is 0 Å². The molecule has 4 atom stereocenters. The van der Waals surface area contributed by atoms with E-state index in [1.165, 1.54) is 16.7 Å². The van der Waals surface area contributed by atoms with Gasteiger partial charge < -0.3 is 14.9 Å². The van der Waals surface area contributed by atoms with E-state index in [1.807, 2.05) is 19.1 Å². The highest BCUT2D eigenvalue weighted by atomic mass is 16.5. The Hall–Kier alpha value is -2.90. The summed E-state index contributed by atoms with van der Waals surface area (Å²) in [5.41, 5.74) is 7.67. The summed E-state index contributed by atoms with van der Waals surface area (Å²) >= 11 is 0. The van der Waals surface area contributed by atoms with Crippen molar-refractivity contribution in [3.05, 3.63) is 106 Å². The van der Waals surface area contributed by atoms with Crippen LogP contribution in [0.15, 0.2) is 106 Å². The maximum Gasteiger partial charge on any atom is 0.0982 e. The molecule has 0 aromatic carbocycles. The van der Waals surface area contributed by atoms with Gasteiger partial charge in [0.1, 0.15) is 0 Å². The summed E-state index contributed by atoms with van der Waals surface area (Å²) in [4.78, 5) is 0. The van der Waals surface area contributed by atoms with E-state index in [4.69, 9.17) is 4.74 Å². The van der Waals surface area contributed by atoms with Crippen LogP contribution in [0.4, 0.5) is 0 Å². The summed E-state index contributed by atoms with van der Waals surface area (Å²) in [6, 6.07) is 0. The quantitative estimate of drug-likeness (QED) is 0.179. The van der Waals surface area contributed by atoms with Crippen molar-refractivity contribution in [2.75, 3.05) is 0 Å². The Morgan fingerprint density at radius 3 is 1.98 bits per heavy atom. The van der Waals surface area contributed by atoms with E-state index in [0.717, 1.165) is 41.6 Å². The Kier molecular flexibility index (Phi) is 11.5. The average molecular weight is 583 g/mol. The van der Waals surface area contributed by atoms with Crippen molar-refractivity contribution in [3.8, 4) is 11.8 Å². The second-order valence-electron chi connectivity index (χ2n) is 14.3. The molecule has 43 heavy (non-hydrogen) atoms. The fraction of sp³-hybridized carbons (Fsp3) is 0.500. The monoisotopic (exact) mass is 582 g/mol. The summed E-state index contributed by atoms with van der Waals surface area (Å²) in [7, 11) is 0. The molecule has 0 bridgehead atoms. The van der Waals surface area contributed by atoms with Gasteiger partial charge in [-0.05, 0) is 89.0 Å². The van der Waals surface area contributed by atoms with E-state index in [-0.39, 0.29) is 34.7 Å². The smallest absolute Gasteiger partial charge is 0.0982 e. The molecule has 3 aliphatic rings. The van der Waals surface area contributed by atoms with Gasteiger partial charge in [-0.25, -0.2) is 0 Å². The van der Waals surface area contributed by atoms with Crippen LogP contribution in [0.3, 0.4) is 0 Å². The Morgan fingerprint density at radius 2 is 1.37 bits per heavy atom. The molecular formula is C40H54O3. The summed E-state index contributed by atoms with van der Waals surface area (Å²) in [5, 5.41) is 20.5. The minimum atomic E-state index is -0.384. The van der Waals surface area contributed by atoms with Crippen LogP contribution in [0.1, 0.15) is 94.9 Å². The van der Waals surface area contributed by atoms with Crippen LogP contribution in [-0.4, -0.2) is 34.1 Å². The van der Waals surface area contributed by atoms with Gasteiger partial charge >= 0.3 is 0 Å². The van der Waals surface area contributed by atoms with Gasteiger partial charge in [-0.3, -0.25) is 0 Å². The van der Waals surface area contributed by atoms with Crippen LogP contribution >= 0.6 is 0 Å². The van der Waals surface area contributed by atoms with Crippen LogP contribution in [0, 0.1) is 22.7 Å². The first kappa shape index (κ1) is 34.6. The molecule has 3 nitrogen and oxygen atoms in total. The zero-order valence-electron chi connectivity index (χ0n) is 28.2. The largest absolute Gasteiger partial charge is 0.393 e. The number of aliphatic hydroxyl groups is 2. The van der Waals surface area contributed by atoms with Crippen molar-refractivity contribution >= 4 is 0 Å². The predicted octanol–water partition coefficient (Wildman–Crippen LogP) is 9.21. The van der Waals surface area contributed by atoms with E-state index < -0.39 is 0 Å². The topological polar surface area (TPSA) is 49.7 Å². The Bertz CT molecular complexity index is 1390. The molecule has 232 valence electrons. The first-order chi connectivity index (χ1) is 20.0. The third-order valence-electron chi connectivity index (χ3n) is 8.85. The van der Waals surface area contributed by atoms with Crippen LogP contribution in [0.25, 0.3) is 0 Å². The predicted molar refractivity (Wildman–Crippen MR) is 182 cm³/mol. The molecule has 0 spiro atoms. The summed E-state index contributed by atoms with van der Waals surface area (Å²) in [6.45, 7) is 21.3. The van der Waals surface area contributed by atoms with E-state index in [1.54, 1.807) is 0 Å². The number of fused-ring (bicyclic) bond motifs is 1. The second-order valence-corrected chi connectivity index (χ2v) is 14.3. The number of rotatable bonds is 7. The van der Waals surface area contributed by atoms with E-state index in [2.05, 4.69) is 129 Å². The van der Waals surface area contributed by atoms with Crippen LogP contribution in [0.2, 0.25) is 0 Å². The highest BCUT2D eigenvalue weighted by Crippen LogP contribution is 2.52. The molecule has 0 aromatic rings. The zero-order valence-corrected chi connectivity index (χ0v) is 28.2. The van der Waals surface area contributed by atoms with Gasteiger partial charge in [0.15, 0.2) is 0 Å². The second kappa shape index (κ2) is 14.3. The zero-order chi connectivity index (χ0) is 32.0. The lowest BCUT2D eigenvalue weighted by Crippen LogP contribution is -2.45. The summed E-state index contributed by atoms with van der Waals surface area (Å²) in [6.07, 6.45) is 25.4. The Balaban J connectivity index is 1.53. The molecule has 1 saturated carbocycles. The Morgan fingerprint density at radius 1 is 0.791 bits per heavy atom. The highest BCUT2D eigenvalue weighted by molar-refractivity contribution is 5.45. The molecule has 0 radical (unpaired) electrons. The van der Waals surface area contributed by atoms with Crippen molar-refractivity contribution in [2.24, 2.45) is 10.8 Å². The maximum atomic E-state index is 10.4. The molecule has 1 heterocycles. The third-order valence-corrected chi connectivity index (χ3v) is 8.85. The summed E-state index contributed by atoms with van der Waals surface area (Å²) < 4.78 is 6.46. The normalized spacial score (nSPS) is 30.2. The van der Waals surface area contributed by atoms with E-state index in [0.29, 0.717) is 6.42 Å². The van der Waals surface area contributed by atoms with Gasteiger partial charge in [0.25, 0.3) is 0 Å². The molecule has 2 N–H and O–H groups in total. The summed E-state index contributed by atoms with van der Waals surface area (Å²) in [5.74, 6) is 6.68. The fourth-order valence-electron chi connectivity index (χ4n) is 6.84. The molecule has 2 aliphatic carbocycles. The van der Waals surface area contributed by atoms with Gasteiger partial charge in [-0.15, -0.1) is 0 Å². The van der Waals surface area contributed by atoms with Gasteiger partial charge in [0.05, 0.1) is 23.9 Å². The van der Waals surface area contributed by atoms with Crippen molar-refractivity contribution in [1.29, 1.82) is 0 Å². The number of ether oxygens (including phenoxy) is 1. The maximum absolute atomic E-state index is 10.4. The molecule has 0 saturated heterocycles. The minimum absolute atomic E-state index is 0.0498. The lowest BCUT2D eigenvalue weighted by atomic mass is 9.65. The minimum Gasteiger partial charge on any atom is -0.393 e. The highest BCUT2D eigenvalue weighted by Gasteiger charge is 2.50. The Labute approximate surface area is 261 Å². The number of hydrogen-bond acceptors (Lipinski definition) is 3. The number of allylic oxidation sites excluding steroid dienone is 14. The lowest BCUT2D eigenvalue weighted by molar-refractivity contribution is -0.0683. The van der Waals surface area contributed by atoms with Gasteiger partial charge in [0, 0.05) is 17.4 Å². The number of aliphatic hydroxyl groups excluding tert-OH is 2. The van der Waals surface area contributed by atoms with Gasteiger partial charge in [-0.1, -0.05) is 117 Å². The average Bonchev–Trinajstić information content (AvgIpc) is 3.23. The molecule has 0 amide bonds. The van der Waals surface area contributed by atoms with Crippen molar-refractivity contribution < 1.29 is 14.9 Å². The van der Waals surface area contributed by atoms with Crippen LogP contribution in [0.5, 0.6) is 0 Å². The van der Waals surface area contributed by atoms with Crippen LogP contribution < -0.4 is 0 Å². The van der Waals surface area contributed by atoms with E-state index in [9.17, 15) is 10.2 Å². The lowest BCUT2D eigenvalue weighted by Gasteiger charge is -2.44. The van der Waals surface area contributed by atoms with E-state index >= 15 is 0 Å². The standard InChI is InChI=1S/C40H54O3/c1-28(17-13-18-30(3)21-22-35-32(5)23-33(41)25-38(35,6)7)15-11-12-16-29(2)19-14-20-31(4)36-24-37-39(8,9)26-34(42)27-40(37,10)43-36/h11-20,24,33-34,36,41-42H,23,25-27H2,1-10H3/b12-11+,17-13?,19-14+,28-15?,29-16+,30-18?,31-20+. The first-order valence-corrected chi connectivity index (χ1v) is 15.7. The van der Waals surface area contributed by atoms with Crippen molar-refractivity contribution in [1.82, 2.24) is 0 Å². The van der Waals surface area contributed by atoms with Crippen molar-refractivity contribution in [2.45, 2.75) is 119 Å². The molecule has 3 heteroatoms. The SMILES string of the molecule is CC(C#CC1=C(C)CC(O)CC1(C)C)=CC=CC(C)=C/C=C/C=C(C)/C=C/C=C(\C)C1C=C2C(C)(C)CC(O)CC2(C)O1. The fourth-order valence-corrected chi connectivity index (χ4v) is 6.84. The molecule has 4 unspecified atom stereocenters. The first-order valence-electron chi connectivity index (χ1n) is 15.7. The van der Waals surface area contributed by atoms with Crippen LogP contribution in [-0.2, 0) is 4.74 Å². The molecule has 0 aromatic heterocycles. The number of hydrogen-bond donors (Lipinski definition) is 2.